The Bertz CT molecular complexity index is 1010. The molecule has 144 valence electrons. The van der Waals surface area contributed by atoms with E-state index >= 15 is 0 Å². The maximum absolute atomic E-state index is 13.1. The second kappa shape index (κ2) is 8.27. The third-order valence-electron chi connectivity index (χ3n) is 4.53. The molecule has 0 saturated heterocycles. The van der Waals surface area contributed by atoms with Crippen molar-refractivity contribution in [3.63, 3.8) is 0 Å². The highest BCUT2D eigenvalue weighted by atomic mass is 32.2. The number of nitrogens with zero attached hydrogens (tertiary/aromatic N) is 1. The first kappa shape index (κ1) is 19.6. The summed E-state index contributed by atoms with van der Waals surface area (Å²) >= 11 is 0. The van der Waals surface area contributed by atoms with Gasteiger partial charge in [-0.2, -0.15) is 0 Å². The number of amides is 1. The Balaban J connectivity index is 1.98. The summed E-state index contributed by atoms with van der Waals surface area (Å²) < 4.78 is 25.0. The fraction of sp³-hybridized carbons (Fsp3) is 0.136. The Morgan fingerprint density at radius 2 is 1.29 bits per heavy atom. The molecule has 3 aromatic carbocycles. The molecule has 3 aromatic rings. The summed E-state index contributed by atoms with van der Waals surface area (Å²) in [5.41, 5.74) is 2.52. The molecule has 1 N–H and O–H groups in total. The van der Waals surface area contributed by atoms with Gasteiger partial charge >= 0.3 is 0 Å². The fourth-order valence-corrected chi connectivity index (χ4v) is 3.49. The van der Waals surface area contributed by atoms with E-state index in [2.05, 4.69) is 5.32 Å². The molecule has 0 aromatic heterocycles. The van der Waals surface area contributed by atoms with Gasteiger partial charge in [0.1, 0.15) is 0 Å². The summed E-state index contributed by atoms with van der Waals surface area (Å²) in [6.07, 6.45) is 1.11. The molecule has 0 saturated carbocycles. The highest BCUT2D eigenvalue weighted by molar-refractivity contribution is 7.92. The van der Waals surface area contributed by atoms with Crippen LogP contribution in [0.4, 0.5) is 5.69 Å². The van der Waals surface area contributed by atoms with Crippen LogP contribution in [0.3, 0.4) is 0 Å². The summed E-state index contributed by atoms with van der Waals surface area (Å²) in [4.78, 5) is 13.1. The van der Waals surface area contributed by atoms with Crippen LogP contribution >= 0.6 is 0 Å². The largest absolute Gasteiger partial charge is 0.341 e. The molecule has 0 spiro atoms. The van der Waals surface area contributed by atoms with Crippen LogP contribution in [0.15, 0.2) is 84.9 Å². The average Bonchev–Trinajstić information content (AvgIpc) is 2.72. The molecule has 0 unspecified atom stereocenters. The molecule has 0 fully saturated rings. The molecular formula is C22H22N2O3S. The summed E-state index contributed by atoms with van der Waals surface area (Å²) in [7, 11) is -2.05. The molecule has 3 rings (SSSR count). The van der Waals surface area contributed by atoms with Crippen molar-refractivity contribution >= 4 is 21.6 Å². The number of sulfonamides is 1. The average molecular weight is 394 g/mol. The molecule has 0 radical (unpaired) electrons. The van der Waals surface area contributed by atoms with E-state index < -0.39 is 10.0 Å². The van der Waals surface area contributed by atoms with Gasteiger partial charge in [0.2, 0.25) is 10.0 Å². The monoisotopic (exact) mass is 394 g/mol. The summed E-state index contributed by atoms with van der Waals surface area (Å²) in [5.74, 6) is -0.344. The number of para-hydroxylation sites is 1. The third-order valence-corrected chi connectivity index (χ3v) is 5.72. The van der Waals surface area contributed by atoms with Crippen LogP contribution in [-0.2, 0) is 10.0 Å². The second-order valence-electron chi connectivity index (χ2n) is 6.48. The van der Waals surface area contributed by atoms with Gasteiger partial charge in [-0.3, -0.25) is 9.10 Å². The number of hydrogen-bond donors (Lipinski definition) is 1. The number of nitrogens with one attached hydrogen (secondary N) is 1. The van der Waals surface area contributed by atoms with E-state index in [9.17, 15) is 13.2 Å². The molecule has 0 aliphatic carbocycles. The lowest BCUT2D eigenvalue weighted by Gasteiger charge is -2.23. The molecule has 1 amide bonds. The lowest BCUT2D eigenvalue weighted by molar-refractivity contribution is 0.0943. The van der Waals surface area contributed by atoms with Gasteiger partial charge in [0.05, 0.1) is 23.5 Å². The summed E-state index contributed by atoms with van der Waals surface area (Å²) in [6, 6.07) is 25.6. The summed E-state index contributed by atoms with van der Waals surface area (Å²) in [6.45, 7) is 0. The topological polar surface area (TPSA) is 66.5 Å². The zero-order chi connectivity index (χ0) is 20.1. The van der Waals surface area contributed by atoms with Crippen molar-refractivity contribution in [1.29, 1.82) is 0 Å². The van der Waals surface area contributed by atoms with Gasteiger partial charge in [-0.15, -0.1) is 0 Å². The minimum Gasteiger partial charge on any atom is -0.341 e. The van der Waals surface area contributed by atoms with E-state index in [1.54, 1.807) is 24.3 Å². The number of hydrogen-bond acceptors (Lipinski definition) is 3. The molecular weight excluding hydrogens is 372 g/mol. The van der Waals surface area contributed by atoms with Crippen molar-refractivity contribution in [3.8, 4) is 0 Å². The smallest absolute Gasteiger partial charge is 0.254 e. The minimum absolute atomic E-state index is 0.298. The predicted molar refractivity (Wildman–Crippen MR) is 112 cm³/mol. The SMILES string of the molecule is CN(c1ccccc1C(=O)NC(c1ccccc1)c1ccccc1)S(C)(=O)=O. The standard InChI is InChI=1S/C22H22N2O3S/c1-24(28(2,26)27)20-16-10-9-15-19(20)22(25)23-21(17-11-5-3-6-12-17)18-13-7-4-8-14-18/h3-16,21H,1-2H3,(H,23,25). The Labute approximate surface area is 165 Å². The van der Waals surface area contributed by atoms with Crippen LogP contribution in [0.25, 0.3) is 0 Å². The lowest BCUT2D eigenvalue weighted by Crippen LogP contribution is -2.32. The van der Waals surface area contributed by atoms with Crippen molar-refractivity contribution in [3.05, 3.63) is 102 Å². The van der Waals surface area contributed by atoms with Crippen LogP contribution in [0.2, 0.25) is 0 Å². The van der Waals surface area contributed by atoms with Crippen LogP contribution in [0.1, 0.15) is 27.5 Å². The number of benzene rings is 3. The van der Waals surface area contributed by atoms with Crippen molar-refractivity contribution in [2.24, 2.45) is 0 Å². The number of carbonyl (C=O) groups is 1. The quantitative estimate of drug-likeness (QED) is 0.695. The van der Waals surface area contributed by atoms with E-state index in [4.69, 9.17) is 0 Å². The van der Waals surface area contributed by atoms with E-state index in [1.807, 2.05) is 60.7 Å². The first-order chi connectivity index (χ1) is 13.4. The number of rotatable bonds is 6. The Morgan fingerprint density at radius 1 is 0.821 bits per heavy atom. The molecule has 28 heavy (non-hydrogen) atoms. The van der Waals surface area contributed by atoms with Gasteiger partial charge in [-0.25, -0.2) is 8.42 Å². The third kappa shape index (κ3) is 4.40. The second-order valence-corrected chi connectivity index (χ2v) is 8.49. The molecule has 5 nitrogen and oxygen atoms in total. The van der Waals surface area contributed by atoms with Crippen LogP contribution in [0.5, 0.6) is 0 Å². The maximum atomic E-state index is 13.1. The van der Waals surface area contributed by atoms with Gasteiger partial charge in [-0.1, -0.05) is 72.8 Å². The zero-order valence-corrected chi connectivity index (χ0v) is 16.6. The molecule has 0 heterocycles. The fourth-order valence-electron chi connectivity index (χ4n) is 2.98. The van der Waals surface area contributed by atoms with E-state index in [0.29, 0.717) is 11.3 Å². The number of carbonyl (C=O) groups excluding carboxylic acids is 1. The van der Waals surface area contributed by atoms with E-state index in [0.717, 1.165) is 21.7 Å². The Kier molecular flexibility index (Phi) is 5.80. The lowest BCUT2D eigenvalue weighted by atomic mass is 9.98. The van der Waals surface area contributed by atoms with Crippen molar-refractivity contribution in [2.45, 2.75) is 6.04 Å². The van der Waals surface area contributed by atoms with Gasteiger partial charge in [0.25, 0.3) is 5.91 Å². The molecule has 0 aliphatic heterocycles. The van der Waals surface area contributed by atoms with Crippen LogP contribution in [0, 0.1) is 0 Å². The molecule has 0 bridgehead atoms. The Hall–Kier alpha value is -3.12. The van der Waals surface area contributed by atoms with Crippen molar-refractivity contribution in [1.82, 2.24) is 5.32 Å². The minimum atomic E-state index is -3.49. The normalized spacial score (nSPS) is 11.2. The van der Waals surface area contributed by atoms with Gasteiger partial charge in [0.15, 0.2) is 0 Å². The van der Waals surface area contributed by atoms with E-state index in [1.165, 1.54) is 7.05 Å². The van der Waals surface area contributed by atoms with Crippen molar-refractivity contribution < 1.29 is 13.2 Å². The summed E-state index contributed by atoms with van der Waals surface area (Å²) in [5, 5.41) is 3.05. The highest BCUT2D eigenvalue weighted by Gasteiger charge is 2.22. The predicted octanol–water partition coefficient (Wildman–Crippen LogP) is 3.60. The number of anilines is 1. The molecule has 6 heteroatoms. The first-order valence-corrected chi connectivity index (χ1v) is 10.7. The van der Waals surface area contributed by atoms with Crippen molar-refractivity contribution in [2.75, 3.05) is 17.6 Å². The molecule has 0 aliphatic rings. The van der Waals surface area contributed by atoms with E-state index in [-0.39, 0.29) is 11.9 Å². The zero-order valence-electron chi connectivity index (χ0n) is 15.7. The van der Waals surface area contributed by atoms with Gasteiger partial charge in [0, 0.05) is 7.05 Å². The highest BCUT2D eigenvalue weighted by Crippen LogP contribution is 2.25. The van der Waals surface area contributed by atoms with Crippen LogP contribution < -0.4 is 9.62 Å². The molecule has 0 atom stereocenters. The van der Waals surface area contributed by atoms with Crippen LogP contribution in [-0.4, -0.2) is 27.6 Å². The van der Waals surface area contributed by atoms with Gasteiger partial charge < -0.3 is 5.32 Å². The Morgan fingerprint density at radius 3 is 1.79 bits per heavy atom. The maximum Gasteiger partial charge on any atom is 0.254 e. The van der Waals surface area contributed by atoms with Gasteiger partial charge in [-0.05, 0) is 23.3 Å². The first-order valence-electron chi connectivity index (χ1n) is 8.81.